The summed E-state index contributed by atoms with van der Waals surface area (Å²) in [6.45, 7) is 14.7. The third-order valence-electron chi connectivity index (χ3n) is 18.9. The number of rotatable bonds is 22. The average Bonchev–Trinajstić information content (AvgIpc) is 1.67. The van der Waals surface area contributed by atoms with Gasteiger partial charge in [-0.25, -0.2) is 0 Å². The summed E-state index contributed by atoms with van der Waals surface area (Å²) in [6, 6.07) is -5.70. The zero-order valence-corrected chi connectivity index (χ0v) is 63.0. The van der Waals surface area contributed by atoms with Gasteiger partial charge >= 0.3 is 0 Å². The first kappa shape index (κ1) is 85.2. The van der Waals surface area contributed by atoms with E-state index >= 15 is 0 Å². The van der Waals surface area contributed by atoms with Gasteiger partial charge in [-0.15, -0.1) is 0 Å². The number of amides is 14. The van der Waals surface area contributed by atoms with Crippen LogP contribution in [0.15, 0.2) is 48.5 Å². The highest BCUT2D eigenvalue weighted by Gasteiger charge is 2.46. The molecule has 0 spiro atoms. The van der Waals surface area contributed by atoms with Gasteiger partial charge in [0.25, 0.3) is 0 Å². The molecule has 0 bridgehead atoms. The second-order valence-corrected chi connectivity index (χ2v) is 31.3. The number of hydrogen-bond acceptors (Lipinski definition) is 20. The van der Waals surface area contributed by atoms with Crippen LogP contribution in [-0.2, 0) is 80.0 Å². The molecule has 32 nitrogen and oxygen atoms in total. The largest absolute Gasteiger partial charge is 0.508 e. The monoisotopic (exact) mass is 1500 g/mol. The van der Waals surface area contributed by atoms with Crippen molar-refractivity contribution in [1.82, 2.24) is 67.9 Å². The van der Waals surface area contributed by atoms with Crippen LogP contribution < -0.4 is 70.4 Å². The standard InChI is InChI=1S/C71H108N16O16S2/c1-10-40(8)58(59(74)91)84-63(95)47(29-38(4)5)77-64(96)51(33-72)81-66(98)53-35-104-105-36-54(75-41(9)88)70(102)87-27-13-16-57(87)71(103)86-26-12-15-56(86)67(99)79-49(32-43-19-23-45(90)24-20-43)62(94)80-50(30-39(6)7)69(101)85-25-11-14-55(85)68(100)82-52(34-73)65(97)78-48(31-42-17-21-44(89)22-18-42)61(93)76-46(28-37(2)3)60(92)83-53/h17-24,37-40,46-58,89-90H,10-16,25-36,72-73H2,1-9H3,(H2,74,91)(H,75,88)(H,76,93)(H,77,96)(H,78,97)(H,79,99)(H,80,94)(H,81,98)(H,82,100)(H,83,92)(H,84,95)/t40-,46-,47-,48-,49-,50-,51-,52-,53-,54-,55-,56-,57-,58-/m0/s1. The van der Waals surface area contributed by atoms with E-state index in [0.29, 0.717) is 36.8 Å². The lowest BCUT2D eigenvalue weighted by molar-refractivity contribution is -0.147. The van der Waals surface area contributed by atoms with E-state index < -0.39 is 174 Å². The van der Waals surface area contributed by atoms with Gasteiger partial charge in [-0.3, -0.25) is 67.1 Å². The minimum atomic E-state index is -1.59. The Labute approximate surface area is 620 Å². The van der Waals surface area contributed by atoms with Crippen molar-refractivity contribution in [2.24, 2.45) is 40.9 Å². The number of phenolic OH excluding ortho intramolecular Hbond substituents is 2. The minimum absolute atomic E-state index is 0.0632. The number of benzene rings is 2. The molecular weight excluding hydrogens is 1400 g/mol. The summed E-state index contributed by atoms with van der Waals surface area (Å²) in [5.74, 6) is -12.7. The van der Waals surface area contributed by atoms with Crippen LogP contribution >= 0.6 is 21.6 Å². The van der Waals surface area contributed by atoms with E-state index in [-0.39, 0.29) is 118 Å². The van der Waals surface area contributed by atoms with E-state index in [0.717, 1.165) is 21.6 Å². The lowest BCUT2D eigenvalue weighted by atomic mass is 9.97. The van der Waals surface area contributed by atoms with Crippen LogP contribution in [0.25, 0.3) is 0 Å². The van der Waals surface area contributed by atoms with Crippen LogP contribution in [-0.4, -0.2) is 230 Å². The summed E-state index contributed by atoms with van der Waals surface area (Å²) in [5.41, 5.74) is 19.0. The van der Waals surface area contributed by atoms with E-state index in [1.807, 2.05) is 20.8 Å². The summed E-state index contributed by atoms with van der Waals surface area (Å²) in [4.78, 5) is 205. The molecular formula is C71H108N16O16S2. The minimum Gasteiger partial charge on any atom is -0.508 e. The number of carbonyl (C=O) groups excluding carboxylic acids is 14. The fourth-order valence-electron chi connectivity index (χ4n) is 13.2. The number of hydrogen-bond donors (Lipinski definition) is 15. The van der Waals surface area contributed by atoms with Crippen molar-refractivity contribution in [3.05, 3.63) is 59.7 Å². The molecule has 4 heterocycles. The van der Waals surface area contributed by atoms with Gasteiger partial charge in [0.15, 0.2) is 0 Å². The van der Waals surface area contributed by atoms with E-state index in [1.165, 1.54) is 58.0 Å². The number of primary amides is 1. The number of fused-ring (bicyclic) bond motifs is 3. The SMILES string of the molecule is CC[C@H](C)[C@H](NC(=O)[C@H](CC(C)C)NC(=O)[C@H](CN)NC(=O)[C@@H]1CSSC[C@H](NC(C)=O)C(=O)N2CCC[C@H]2C(=O)N2CCC[C@H]2C(=O)N[C@@H](Cc2ccc(O)cc2)C(=O)N[C@@H](CC(C)C)C(=O)N2CCC[C@H]2C(=O)N[C@@H](CN)C(=O)N[C@@H](Cc2ccc(O)cc2)C(=O)N[C@@H](CC(C)C)C(=O)N1)C(N)=O. The van der Waals surface area contributed by atoms with Crippen LogP contribution in [0.3, 0.4) is 0 Å². The Morgan fingerprint density at radius 3 is 1.45 bits per heavy atom. The number of nitrogens with one attached hydrogen (secondary N) is 10. The van der Waals surface area contributed by atoms with Gasteiger partial charge in [0.05, 0.1) is 0 Å². The highest BCUT2D eigenvalue weighted by Crippen LogP contribution is 2.30. The van der Waals surface area contributed by atoms with Crippen molar-refractivity contribution in [3.63, 3.8) is 0 Å². The lowest BCUT2D eigenvalue weighted by Gasteiger charge is -2.33. The third kappa shape index (κ3) is 24.9. The molecule has 18 N–H and O–H groups in total. The van der Waals surface area contributed by atoms with Crippen LogP contribution in [0.2, 0.25) is 0 Å². The van der Waals surface area contributed by atoms with Crippen LogP contribution in [0.1, 0.15) is 138 Å². The van der Waals surface area contributed by atoms with Crippen molar-refractivity contribution in [2.45, 2.75) is 218 Å². The van der Waals surface area contributed by atoms with E-state index in [9.17, 15) is 77.3 Å². The molecule has 0 aromatic heterocycles. The fraction of sp³-hybridized carbons (Fsp3) is 0.634. The summed E-state index contributed by atoms with van der Waals surface area (Å²) in [6.07, 6.45) is 1.75. The molecule has 4 fully saturated rings. The number of aromatic hydroxyl groups is 2. The number of nitrogens with two attached hydrogens (primary N) is 3. The average molecular weight is 1510 g/mol. The van der Waals surface area contributed by atoms with Gasteiger partial charge in [0.1, 0.15) is 90.0 Å². The first-order valence-electron chi connectivity index (χ1n) is 36.2. The van der Waals surface area contributed by atoms with Crippen molar-refractivity contribution in [1.29, 1.82) is 0 Å². The molecule has 14 atom stereocenters. The van der Waals surface area contributed by atoms with Crippen molar-refractivity contribution < 1.29 is 77.3 Å². The molecule has 4 saturated heterocycles. The zero-order chi connectivity index (χ0) is 77.5. The smallest absolute Gasteiger partial charge is 0.246 e. The summed E-state index contributed by atoms with van der Waals surface area (Å²) in [5, 5.41) is 47.4. The van der Waals surface area contributed by atoms with Crippen molar-refractivity contribution >= 4 is 104 Å². The molecule has 4 aliphatic heterocycles. The molecule has 6 rings (SSSR count). The first-order valence-corrected chi connectivity index (χ1v) is 38.6. The van der Waals surface area contributed by atoms with Crippen LogP contribution in [0.5, 0.6) is 11.5 Å². The predicted molar refractivity (Wildman–Crippen MR) is 393 cm³/mol. The Kier molecular flexibility index (Phi) is 33.0. The maximum Gasteiger partial charge on any atom is 0.246 e. The molecule has 2 aromatic carbocycles. The van der Waals surface area contributed by atoms with E-state index in [4.69, 9.17) is 17.2 Å². The molecule has 105 heavy (non-hydrogen) atoms. The number of phenols is 2. The summed E-state index contributed by atoms with van der Waals surface area (Å²) >= 11 is 0. The molecule has 0 saturated carbocycles. The second-order valence-electron chi connectivity index (χ2n) is 28.8. The zero-order valence-electron chi connectivity index (χ0n) is 61.4. The van der Waals surface area contributed by atoms with Gasteiger partial charge in [-0.1, -0.05) is 108 Å². The first-order chi connectivity index (χ1) is 49.7. The molecule has 4 aliphatic rings. The molecule has 34 heteroatoms. The molecule has 14 amide bonds. The lowest BCUT2D eigenvalue weighted by Crippen LogP contribution is -2.62. The maximum atomic E-state index is 15.0. The molecule has 580 valence electrons. The van der Waals surface area contributed by atoms with E-state index in [2.05, 4.69) is 53.2 Å². The van der Waals surface area contributed by atoms with Crippen molar-refractivity contribution in [3.8, 4) is 11.5 Å². The van der Waals surface area contributed by atoms with E-state index in [1.54, 1.807) is 46.8 Å². The second kappa shape index (κ2) is 40.7. The maximum absolute atomic E-state index is 15.0. The Morgan fingerprint density at radius 1 is 0.524 bits per heavy atom. The normalized spacial score (nSPS) is 25.1. The highest BCUT2D eigenvalue weighted by molar-refractivity contribution is 8.76. The molecule has 0 unspecified atom stereocenters. The van der Waals surface area contributed by atoms with Gasteiger partial charge in [0.2, 0.25) is 82.7 Å². The number of nitrogens with zero attached hydrogens (tertiary/aromatic N) is 3. The quantitative estimate of drug-likeness (QED) is 0.0610. The summed E-state index contributed by atoms with van der Waals surface area (Å²) in [7, 11) is 1.97. The van der Waals surface area contributed by atoms with Gasteiger partial charge in [-0.2, -0.15) is 0 Å². The predicted octanol–water partition coefficient (Wildman–Crippen LogP) is -1.29. The van der Waals surface area contributed by atoms with Gasteiger partial charge < -0.3 is 95.3 Å². The Morgan fingerprint density at radius 2 is 0.962 bits per heavy atom. The van der Waals surface area contributed by atoms with Crippen LogP contribution in [0.4, 0.5) is 0 Å². The third-order valence-corrected chi connectivity index (χ3v) is 21.4. The number of carbonyl (C=O) groups is 14. The van der Waals surface area contributed by atoms with Crippen molar-refractivity contribution in [2.75, 3.05) is 44.2 Å². The molecule has 0 radical (unpaired) electrons. The van der Waals surface area contributed by atoms with Gasteiger partial charge in [-0.05, 0) is 117 Å². The highest BCUT2D eigenvalue weighted by atomic mass is 33.1. The fourth-order valence-corrected chi connectivity index (χ4v) is 15.5. The Hall–Kier alpha value is -8.76. The Balaban J connectivity index is 1.40. The molecule has 0 aliphatic carbocycles. The van der Waals surface area contributed by atoms with Gasteiger partial charge in [0, 0.05) is 64.0 Å². The molecule has 2 aromatic rings. The topological polar surface area (TPSA) is 488 Å². The summed E-state index contributed by atoms with van der Waals surface area (Å²) < 4.78 is 0. The van der Waals surface area contributed by atoms with Crippen LogP contribution in [0, 0.1) is 23.7 Å². The Bertz CT molecular complexity index is 3410.